The number of hydrogen-bond donors (Lipinski definition) is 1. The summed E-state index contributed by atoms with van der Waals surface area (Å²) in [7, 11) is 1.85. The number of hydrogen-bond acceptors (Lipinski definition) is 4. The van der Waals surface area contributed by atoms with Crippen LogP contribution in [0.2, 0.25) is 0 Å². The van der Waals surface area contributed by atoms with Crippen LogP contribution < -0.4 is 0 Å². The molecule has 25 heavy (non-hydrogen) atoms. The molecule has 1 aliphatic heterocycles. The van der Waals surface area contributed by atoms with Gasteiger partial charge in [0, 0.05) is 32.6 Å². The van der Waals surface area contributed by atoms with E-state index in [4.69, 9.17) is 4.74 Å². The van der Waals surface area contributed by atoms with Crippen molar-refractivity contribution in [2.45, 2.75) is 50.3 Å². The minimum Gasteiger partial charge on any atom is -0.389 e. The Morgan fingerprint density at radius 2 is 1.96 bits per heavy atom. The summed E-state index contributed by atoms with van der Waals surface area (Å²) in [5, 5.41) is 10.9. The first kappa shape index (κ1) is 18.4. The Balaban J connectivity index is 1.56. The van der Waals surface area contributed by atoms with E-state index in [1.54, 1.807) is 4.90 Å². The Kier molecular flexibility index (Phi) is 6.45. The lowest BCUT2D eigenvalue weighted by Gasteiger charge is -2.45. The van der Waals surface area contributed by atoms with Crippen LogP contribution in [0.5, 0.6) is 0 Å². The van der Waals surface area contributed by atoms with Gasteiger partial charge in [0.15, 0.2) is 0 Å². The summed E-state index contributed by atoms with van der Waals surface area (Å²) >= 11 is 0. The van der Waals surface area contributed by atoms with Crippen LogP contribution in [0, 0.1) is 0 Å². The molecule has 1 aromatic rings. The number of ether oxygens (including phenoxy) is 1. The average molecular weight is 346 g/mol. The predicted octanol–water partition coefficient (Wildman–Crippen LogP) is 1.69. The number of carbonyl (C=O) groups excluding carboxylic acids is 1. The Labute approximate surface area is 150 Å². The maximum Gasteiger partial charge on any atom is 0.222 e. The average Bonchev–Trinajstić information content (AvgIpc) is 2.67. The first-order valence-corrected chi connectivity index (χ1v) is 9.46. The molecular weight excluding hydrogens is 316 g/mol. The second-order valence-electron chi connectivity index (χ2n) is 7.19. The van der Waals surface area contributed by atoms with Crippen LogP contribution in [0.25, 0.3) is 0 Å². The van der Waals surface area contributed by atoms with Crippen LogP contribution in [0.3, 0.4) is 0 Å². The number of rotatable bonds is 5. The summed E-state index contributed by atoms with van der Waals surface area (Å²) in [5.74, 6) is 0.121. The van der Waals surface area contributed by atoms with E-state index in [1.807, 2.05) is 25.2 Å². The Morgan fingerprint density at radius 3 is 2.68 bits per heavy atom. The standard InChI is InChI=1S/C20H30N2O3/c1-21(19(23)11-10-16-6-3-2-4-7-16)17-8-5-9-18(20(17)24)22-12-14-25-15-13-22/h2-4,6-7,17-18,20,24H,5,8-15H2,1H3/t17-,18-,20-/m1/s1. The van der Waals surface area contributed by atoms with Gasteiger partial charge in [0.2, 0.25) is 5.91 Å². The molecule has 1 saturated carbocycles. The molecule has 0 aromatic heterocycles. The topological polar surface area (TPSA) is 53.0 Å². The molecule has 1 saturated heterocycles. The van der Waals surface area contributed by atoms with Crippen LogP contribution in [0.1, 0.15) is 31.2 Å². The molecule has 1 N–H and O–H groups in total. The zero-order valence-electron chi connectivity index (χ0n) is 15.1. The summed E-state index contributed by atoms with van der Waals surface area (Å²) in [6, 6.07) is 10.2. The molecular formula is C20H30N2O3. The molecule has 3 rings (SSSR count). The van der Waals surface area contributed by atoms with Crippen LogP contribution in [0.15, 0.2) is 30.3 Å². The maximum absolute atomic E-state index is 12.6. The molecule has 0 spiro atoms. The van der Waals surface area contributed by atoms with Crippen molar-refractivity contribution < 1.29 is 14.6 Å². The van der Waals surface area contributed by atoms with Gasteiger partial charge in [0.25, 0.3) is 0 Å². The van der Waals surface area contributed by atoms with E-state index in [9.17, 15) is 9.90 Å². The SMILES string of the molecule is CN(C(=O)CCc1ccccc1)[C@@H]1CCC[C@@H](N2CCOCC2)[C@@H]1O. The van der Waals surface area contributed by atoms with Gasteiger partial charge in [-0.15, -0.1) is 0 Å². The van der Waals surface area contributed by atoms with Crippen molar-refractivity contribution in [1.29, 1.82) is 0 Å². The summed E-state index contributed by atoms with van der Waals surface area (Å²) in [5.41, 5.74) is 1.18. The second kappa shape index (κ2) is 8.79. The monoisotopic (exact) mass is 346 g/mol. The first-order chi connectivity index (χ1) is 12.2. The van der Waals surface area contributed by atoms with E-state index in [-0.39, 0.29) is 18.0 Å². The van der Waals surface area contributed by atoms with Crippen molar-refractivity contribution >= 4 is 5.91 Å². The van der Waals surface area contributed by atoms with Crippen molar-refractivity contribution in [3.05, 3.63) is 35.9 Å². The first-order valence-electron chi connectivity index (χ1n) is 9.46. The minimum absolute atomic E-state index is 0.0788. The van der Waals surface area contributed by atoms with E-state index in [0.29, 0.717) is 6.42 Å². The van der Waals surface area contributed by atoms with Gasteiger partial charge in [-0.1, -0.05) is 30.3 Å². The summed E-state index contributed by atoms with van der Waals surface area (Å²) in [4.78, 5) is 16.8. The lowest BCUT2D eigenvalue weighted by molar-refractivity contribution is -0.138. The number of benzene rings is 1. The van der Waals surface area contributed by atoms with Gasteiger partial charge in [0.05, 0.1) is 25.4 Å². The molecule has 2 fully saturated rings. The smallest absolute Gasteiger partial charge is 0.222 e. The van der Waals surface area contributed by atoms with Crippen molar-refractivity contribution in [3.63, 3.8) is 0 Å². The van der Waals surface area contributed by atoms with Crippen LogP contribution in [-0.2, 0) is 16.0 Å². The number of amides is 1. The quantitative estimate of drug-likeness (QED) is 0.882. The zero-order chi connectivity index (χ0) is 17.6. The molecule has 1 aliphatic carbocycles. The number of nitrogens with zero attached hydrogens (tertiary/aromatic N) is 2. The van der Waals surface area contributed by atoms with Gasteiger partial charge in [-0.05, 0) is 31.2 Å². The maximum atomic E-state index is 12.6. The van der Waals surface area contributed by atoms with E-state index in [2.05, 4.69) is 17.0 Å². The predicted molar refractivity (Wildman–Crippen MR) is 97.4 cm³/mol. The fourth-order valence-electron chi connectivity index (χ4n) is 4.12. The summed E-state index contributed by atoms with van der Waals surface area (Å²) < 4.78 is 5.42. The molecule has 138 valence electrons. The number of morpholine rings is 1. The minimum atomic E-state index is -0.475. The Hall–Kier alpha value is -1.43. The highest BCUT2D eigenvalue weighted by molar-refractivity contribution is 5.76. The van der Waals surface area contributed by atoms with Crippen LogP contribution in [-0.4, -0.2) is 72.4 Å². The zero-order valence-corrected chi connectivity index (χ0v) is 15.1. The number of carbonyl (C=O) groups is 1. The molecule has 0 unspecified atom stereocenters. The van der Waals surface area contributed by atoms with Crippen LogP contribution >= 0.6 is 0 Å². The van der Waals surface area contributed by atoms with Crippen molar-refractivity contribution in [2.75, 3.05) is 33.4 Å². The molecule has 2 aliphatic rings. The third kappa shape index (κ3) is 4.60. The number of aliphatic hydroxyl groups excluding tert-OH is 1. The van der Waals surface area contributed by atoms with Crippen molar-refractivity contribution in [3.8, 4) is 0 Å². The van der Waals surface area contributed by atoms with Crippen LogP contribution in [0.4, 0.5) is 0 Å². The fraction of sp³-hybridized carbons (Fsp3) is 0.650. The van der Waals surface area contributed by atoms with E-state index < -0.39 is 6.10 Å². The van der Waals surface area contributed by atoms with Gasteiger partial charge in [-0.3, -0.25) is 9.69 Å². The highest BCUT2D eigenvalue weighted by atomic mass is 16.5. The number of likely N-dealkylation sites (N-methyl/N-ethyl adjacent to an activating group) is 1. The van der Waals surface area contributed by atoms with E-state index >= 15 is 0 Å². The lowest BCUT2D eigenvalue weighted by Crippen LogP contribution is -2.58. The largest absolute Gasteiger partial charge is 0.389 e. The van der Waals surface area contributed by atoms with Crippen molar-refractivity contribution in [1.82, 2.24) is 9.80 Å². The fourth-order valence-corrected chi connectivity index (χ4v) is 4.12. The van der Waals surface area contributed by atoms with Gasteiger partial charge in [0.1, 0.15) is 0 Å². The molecule has 3 atom stereocenters. The highest BCUT2D eigenvalue weighted by Gasteiger charge is 2.38. The second-order valence-corrected chi connectivity index (χ2v) is 7.19. The third-order valence-electron chi connectivity index (χ3n) is 5.66. The molecule has 0 radical (unpaired) electrons. The molecule has 5 nitrogen and oxygen atoms in total. The third-order valence-corrected chi connectivity index (χ3v) is 5.66. The van der Waals surface area contributed by atoms with Gasteiger partial charge in [-0.25, -0.2) is 0 Å². The lowest BCUT2D eigenvalue weighted by atomic mass is 9.86. The Bertz CT molecular complexity index is 545. The number of aliphatic hydroxyl groups is 1. The summed E-state index contributed by atoms with van der Waals surface area (Å²) in [6.07, 6.45) is 3.71. The molecule has 1 aromatic carbocycles. The van der Waals surface area contributed by atoms with Crippen molar-refractivity contribution in [2.24, 2.45) is 0 Å². The molecule has 5 heteroatoms. The molecule has 1 amide bonds. The highest BCUT2D eigenvalue weighted by Crippen LogP contribution is 2.27. The van der Waals surface area contributed by atoms with Gasteiger partial charge < -0.3 is 14.7 Å². The normalized spacial score (nSPS) is 27.8. The van der Waals surface area contributed by atoms with Gasteiger partial charge in [-0.2, -0.15) is 0 Å². The van der Waals surface area contributed by atoms with E-state index in [1.165, 1.54) is 5.56 Å². The Morgan fingerprint density at radius 1 is 1.24 bits per heavy atom. The van der Waals surface area contributed by atoms with E-state index in [0.717, 1.165) is 52.0 Å². The van der Waals surface area contributed by atoms with Gasteiger partial charge >= 0.3 is 0 Å². The molecule has 1 heterocycles. The molecule has 0 bridgehead atoms. The summed E-state index contributed by atoms with van der Waals surface area (Å²) in [6.45, 7) is 3.22. The number of aryl methyl sites for hydroxylation is 1.